The van der Waals surface area contributed by atoms with Crippen LogP contribution in [0, 0.1) is 5.82 Å². The van der Waals surface area contributed by atoms with Crippen LogP contribution in [-0.4, -0.2) is 52.5 Å². The molecule has 2 aromatic rings. The Morgan fingerprint density at radius 2 is 2.14 bits per heavy atom. The number of hydrogen-bond acceptors (Lipinski definition) is 7. The van der Waals surface area contributed by atoms with E-state index in [-0.39, 0.29) is 5.82 Å². The highest BCUT2D eigenvalue weighted by molar-refractivity contribution is 7.09. The minimum Gasteiger partial charge on any atom is -0.377 e. The van der Waals surface area contributed by atoms with Crippen molar-refractivity contribution in [2.75, 3.05) is 38.2 Å². The summed E-state index contributed by atoms with van der Waals surface area (Å²) in [6.45, 7) is 4.41. The summed E-state index contributed by atoms with van der Waals surface area (Å²) in [5.74, 6) is 0.485. The quantitative estimate of drug-likeness (QED) is 0.832. The Hall–Kier alpha value is -1.64. The monoisotopic (exact) mass is 323 g/mol. The van der Waals surface area contributed by atoms with Crippen LogP contribution in [0.4, 0.5) is 9.52 Å². The lowest BCUT2D eigenvalue weighted by Crippen LogP contribution is -2.46. The Labute approximate surface area is 132 Å². The number of aromatic nitrogens is 3. The second-order valence-corrected chi connectivity index (χ2v) is 5.85. The van der Waals surface area contributed by atoms with Gasteiger partial charge in [-0.2, -0.15) is 4.37 Å². The lowest BCUT2D eigenvalue weighted by Gasteiger charge is -2.34. The molecular formula is C14H18FN5OS. The molecule has 1 aliphatic rings. The van der Waals surface area contributed by atoms with Crippen LogP contribution in [0.3, 0.4) is 0 Å². The van der Waals surface area contributed by atoms with Crippen LogP contribution in [0.2, 0.25) is 0 Å². The van der Waals surface area contributed by atoms with E-state index in [0.29, 0.717) is 18.8 Å². The zero-order valence-electron chi connectivity index (χ0n) is 12.4. The van der Waals surface area contributed by atoms with Gasteiger partial charge in [-0.3, -0.25) is 9.88 Å². The molecule has 22 heavy (non-hydrogen) atoms. The van der Waals surface area contributed by atoms with Gasteiger partial charge in [0.2, 0.25) is 5.13 Å². The molecule has 0 aromatic carbocycles. The van der Waals surface area contributed by atoms with E-state index in [4.69, 9.17) is 4.74 Å². The Morgan fingerprint density at radius 1 is 1.32 bits per heavy atom. The summed E-state index contributed by atoms with van der Waals surface area (Å²) in [4.78, 5) is 13.0. The summed E-state index contributed by atoms with van der Waals surface area (Å²) in [6, 6.07) is 3.07. The van der Waals surface area contributed by atoms with Crippen LogP contribution in [0.1, 0.15) is 11.5 Å². The van der Waals surface area contributed by atoms with E-state index >= 15 is 0 Å². The van der Waals surface area contributed by atoms with E-state index in [1.165, 1.54) is 17.6 Å². The van der Waals surface area contributed by atoms with Crippen LogP contribution in [0.15, 0.2) is 18.3 Å². The van der Waals surface area contributed by atoms with E-state index in [1.807, 2.05) is 0 Å². The largest absolute Gasteiger partial charge is 0.377 e. The van der Waals surface area contributed by atoms with Crippen molar-refractivity contribution in [1.29, 1.82) is 0 Å². The number of halogens is 1. The SMILES string of the molecule is COCc1nsc(N2CCN(Cc3ncccc3F)CC2)n1. The van der Waals surface area contributed by atoms with Gasteiger partial charge in [0.15, 0.2) is 5.82 Å². The minimum atomic E-state index is -0.238. The summed E-state index contributed by atoms with van der Waals surface area (Å²) in [6.07, 6.45) is 1.63. The highest BCUT2D eigenvalue weighted by Gasteiger charge is 2.21. The lowest BCUT2D eigenvalue weighted by molar-refractivity contribution is 0.179. The number of ether oxygens (including phenoxy) is 1. The van der Waals surface area contributed by atoms with Crippen molar-refractivity contribution in [2.24, 2.45) is 0 Å². The molecule has 0 bridgehead atoms. The fourth-order valence-corrected chi connectivity index (χ4v) is 3.13. The fraction of sp³-hybridized carbons (Fsp3) is 0.500. The van der Waals surface area contributed by atoms with E-state index in [0.717, 1.165) is 37.1 Å². The van der Waals surface area contributed by atoms with Crippen LogP contribution >= 0.6 is 11.5 Å². The van der Waals surface area contributed by atoms with Gasteiger partial charge in [-0.05, 0) is 12.1 Å². The molecule has 118 valence electrons. The normalized spacial score (nSPS) is 16.2. The Bertz CT molecular complexity index is 615. The van der Waals surface area contributed by atoms with Crippen molar-refractivity contribution in [3.63, 3.8) is 0 Å². The molecule has 8 heteroatoms. The molecule has 1 aliphatic heterocycles. The molecule has 6 nitrogen and oxygen atoms in total. The van der Waals surface area contributed by atoms with Gasteiger partial charge >= 0.3 is 0 Å². The van der Waals surface area contributed by atoms with Gasteiger partial charge in [0.05, 0.1) is 5.69 Å². The van der Waals surface area contributed by atoms with E-state index in [2.05, 4.69) is 24.1 Å². The van der Waals surface area contributed by atoms with Crippen molar-refractivity contribution in [2.45, 2.75) is 13.2 Å². The topological polar surface area (TPSA) is 54.4 Å². The zero-order chi connectivity index (χ0) is 15.4. The molecule has 3 heterocycles. The molecule has 0 N–H and O–H groups in total. The third-order valence-electron chi connectivity index (χ3n) is 3.58. The number of pyridine rings is 1. The Morgan fingerprint density at radius 3 is 2.86 bits per heavy atom. The van der Waals surface area contributed by atoms with Gasteiger partial charge in [0.25, 0.3) is 0 Å². The van der Waals surface area contributed by atoms with Crippen molar-refractivity contribution in [1.82, 2.24) is 19.2 Å². The van der Waals surface area contributed by atoms with Crippen molar-refractivity contribution >= 4 is 16.7 Å². The molecule has 0 unspecified atom stereocenters. The van der Waals surface area contributed by atoms with Crippen LogP contribution in [0.5, 0.6) is 0 Å². The maximum atomic E-state index is 13.6. The second kappa shape index (κ2) is 7.08. The molecule has 2 aromatic heterocycles. The van der Waals surface area contributed by atoms with E-state index in [1.54, 1.807) is 19.4 Å². The van der Waals surface area contributed by atoms with Crippen molar-refractivity contribution < 1.29 is 9.13 Å². The lowest BCUT2D eigenvalue weighted by atomic mass is 10.2. The van der Waals surface area contributed by atoms with Gasteiger partial charge < -0.3 is 9.64 Å². The predicted octanol–water partition coefficient (Wildman–Crippen LogP) is 1.54. The summed E-state index contributed by atoms with van der Waals surface area (Å²) in [5.41, 5.74) is 0.509. The van der Waals surface area contributed by atoms with Crippen molar-refractivity contribution in [3.8, 4) is 0 Å². The minimum absolute atomic E-state index is 0.238. The second-order valence-electron chi connectivity index (χ2n) is 5.12. The standard InChI is InChI=1S/C14H18FN5OS/c1-21-10-13-17-14(22-18-13)20-7-5-19(6-8-20)9-12-11(15)3-2-4-16-12/h2-4H,5-10H2,1H3. The van der Waals surface area contributed by atoms with Gasteiger partial charge in [-0.1, -0.05) is 0 Å². The molecular weight excluding hydrogens is 305 g/mol. The number of methoxy groups -OCH3 is 1. The molecule has 3 rings (SSSR count). The number of piperazine rings is 1. The first-order valence-electron chi connectivity index (χ1n) is 7.14. The Balaban J connectivity index is 1.54. The fourth-order valence-electron chi connectivity index (χ4n) is 2.40. The molecule has 0 spiro atoms. The third kappa shape index (κ3) is 3.57. The molecule has 1 fully saturated rings. The Kier molecular flexibility index (Phi) is 4.91. The number of anilines is 1. The van der Waals surface area contributed by atoms with Crippen LogP contribution in [0.25, 0.3) is 0 Å². The highest BCUT2D eigenvalue weighted by atomic mass is 32.1. The molecule has 0 atom stereocenters. The average Bonchev–Trinajstić information content (AvgIpc) is 2.99. The summed E-state index contributed by atoms with van der Waals surface area (Å²) >= 11 is 1.40. The summed E-state index contributed by atoms with van der Waals surface area (Å²) < 4.78 is 22.9. The maximum Gasteiger partial charge on any atom is 0.205 e. The van der Waals surface area contributed by atoms with E-state index < -0.39 is 0 Å². The number of nitrogens with zero attached hydrogens (tertiary/aromatic N) is 5. The highest BCUT2D eigenvalue weighted by Crippen LogP contribution is 2.20. The molecule has 1 saturated heterocycles. The van der Waals surface area contributed by atoms with E-state index in [9.17, 15) is 4.39 Å². The predicted molar refractivity (Wildman–Crippen MR) is 82.3 cm³/mol. The molecule has 0 amide bonds. The molecule has 0 radical (unpaired) electrons. The first-order chi connectivity index (χ1) is 10.8. The van der Waals surface area contributed by atoms with Crippen LogP contribution in [-0.2, 0) is 17.9 Å². The zero-order valence-corrected chi connectivity index (χ0v) is 13.2. The third-order valence-corrected chi connectivity index (χ3v) is 4.40. The number of hydrogen-bond donors (Lipinski definition) is 0. The van der Waals surface area contributed by atoms with Gasteiger partial charge in [-0.25, -0.2) is 9.37 Å². The first-order valence-corrected chi connectivity index (χ1v) is 7.92. The molecule has 0 aliphatic carbocycles. The van der Waals surface area contributed by atoms with Crippen LogP contribution < -0.4 is 4.90 Å². The first kappa shape index (κ1) is 15.3. The smallest absolute Gasteiger partial charge is 0.205 e. The summed E-state index contributed by atoms with van der Waals surface area (Å²) in [7, 11) is 1.64. The summed E-state index contributed by atoms with van der Waals surface area (Å²) in [5, 5.41) is 0.927. The van der Waals surface area contributed by atoms with Crippen molar-refractivity contribution in [3.05, 3.63) is 35.7 Å². The number of rotatable bonds is 5. The van der Waals surface area contributed by atoms with Gasteiger partial charge in [0, 0.05) is 57.6 Å². The average molecular weight is 323 g/mol. The molecule has 0 saturated carbocycles. The van der Waals surface area contributed by atoms with Gasteiger partial charge in [0.1, 0.15) is 12.4 Å². The van der Waals surface area contributed by atoms with Gasteiger partial charge in [-0.15, -0.1) is 0 Å². The maximum absolute atomic E-state index is 13.6.